The Morgan fingerprint density at radius 3 is 2.42 bits per heavy atom. The minimum Gasteiger partial charge on any atom is -0.493 e. The van der Waals surface area contributed by atoms with Gasteiger partial charge in [-0.25, -0.2) is 0 Å². The zero-order chi connectivity index (χ0) is 28.9. The van der Waals surface area contributed by atoms with Gasteiger partial charge in [0.05, 0.1) is 19.8 Å². The van der Waals surface area contributed by atoms with E-state index in [4.69, 9.17) is 19.9 Å². The maximum Gasteiger partial charge on any atom is 0.223 e. The Labute approximate surface area is 246 Å². The SMILES string of the molecule is COCCCOc1cc(C[C@@H](C[C@H](N)[C@@H](O)C[C@H](C(=O)NCC2CCC(=O)N2)C(C)C)C(C)C)ccc1OC.Cl. The highest BCUT2D eigenvalue weighted by Crippen LogP contribution is 2.31. The van der Waals surface area contributed by atoms with Crippen LogP contribution in [0.25, 0.3) is 0 Å². The average Bonchev–Trinajstić information content (AvgIpc) is 3.32. The van der Waals surface area contributed by atoms with E-state index in [0.717, 1.165) is 24.8 Å². The number of rotatable bonds is 18. The summed E-state index contributed by atoms with van der Waals surface area (Å²) < 4.78 is 16.5. The Bertz CT molecular complexity index is 900. The molecule has 1 aromatic carbocycles. The van der Waals surface area contributed by atoms with Crippen molar-refractivity contribution in [3.63, 3.8) is 0 Å². The number of aliphatic hydroxyl groups excluding tert-OH is 1. The zero-order valence-corrected chi connectivity index (χ0v) is 25.9. The largest absolute Gasteiger partial charge is 0.493 e. The van der Waals surface area contributed by atoms with Gasteiger partial charge in [0.15, 0.2) is 11.5 Å². The molecule has 0 saturated carbocycles. The van der Waals surface area contributed by atoms with Gasteiger partial charge in [-0.15, -0.1) is 12.4 Å². The van der Waals surface area contributed by atoms with E-state index in [-0.39, 0.29) is 48.0 Å². The van der Waals surface area contributed by atoms with E-state index >= 15 is 0 Å². The Kier molecular flexibility index (Phi) is 16.5. The first kappa shape index (κ1) is 36.0. The number of carbonyl (C=O) groups is 2. The number of ether oxygens (including phenoxy) is 3. The van der Waals surface area contributed by atoms with E-state index < -0.39 is 12.1 Å². The molecule has 1 heterocycles. The maximum absolute atomic E-state index is 12.9. The number of hydrogen-bond acceptors (Lipinski definition) is 7. The van der Waals surface area contributed by atoms with Crippen LogP contribution in [0.15, 0.2) is 18.2 Å². The molecule has 230 valence electrons. The maximum atomic E-state index is 12.9. The van der Waals surface area contributed by atoms with Gasteiger partial charge >= 0.3 is 0 Å². The van der Waals surface area contributed by atoms with Crippen LogP contribution in [0.5, 0.6) is 11.5 Å². The van der Waals surface area contributed by atoms with Gasteiger partial charge < -0.3 is 35.7 Å². The molecule has 0 radical (unpaired) electrons. The Balaban J connectivity index is 0.00000800. The van der Waals surface area contributed by atoms with Gasteiger partial charge in [-0.3, -0.25) is 9.59 Å². The summed E-state index contributed by atoms with van der Waals surface area (Å²) >= 11 is 0. The van der Waals surface area contributed by atoms with E-state index in [2.05, 4.69) is 24.5 Å². The monoisotopic (exact) mass is 585 g/mol. The number of hydrogen-bond donors (Lipinski definition) is 4. The topological polar surface area (TPSA) is 132 Å². The van der Waals surface area contributed by atoms with Gasteiger partial charge in [0, 0.05) is 51.1 Å². The number of nitrogens with two attached hydrogens (primary N) is 1. The number of amides is 2. The van der Waals surface area contributed by atoms with Gasteiger partial charge in [-0.1, -0.05) is 33.8 Å². The van der Waals surface area contributed by atoms with E-state index in [0.29, 0.717) is 56.4 Å². The van der Waals surface area contributed by atoms with Crippen molar-refractivity contribution in [3.8, 4) is 11.5 Å². The van der Waals surface area contributed by atoms with Gasteiger partial charge in [0.1, 0.15) is 0 Å². The molecule has 1 unspecified atom stereocenters. The highest BCUT2D eigenvalue weighted by molar-refractivity contribution is 5.85. The van der Waals surface area contributed by atoms with Gasteiger partial charge in [0.25, 0.3) is 0 Å². The van der Waals surface area contributed by atoms with Crippen molar-refractivity contribution in [3.05, 3.63) is 23.8 Å². The van der Waals surface area contributed by atoms with E-state index in [9.17, 15) is 14.7 Å². The molecular weight excluding hydrogens is 534 g/mol. The quantitative estimate of drug-likeness (QED) is 0.194. The van der Waals surface area contributed by atoms with Gasteiger partial charge in [-0.2, -0.15) is 0 Å². The number of methoxy groups -OCH3 is 2. The molecule has 0 spiro atoms. The third kappa shape index (κ3) is 11.8. The van der Waals surface area contributed by atoms with Crippen molar-refractivity contribution in [2.45, 2.75) is 84.4 Å². The van der Waals surface area contributed by atoms with Crippen molar-refractivity contribution >= 4 is 24.2 Å². The predicted molar refractivity (Wildman–Crippen MR) is 160 cm³/mol. The van der Waals surface area contributed by atoms with E-state index in [1.54, 1.807) is 14.2 Å². The molecule has 2 rings (SSSR count). The Morgan fingerprint density at radius 2 is 1.85 bits per heavy atom. The number of carbonyl (C=O) groups excluding carboxylic acids is 2. The third-order valence-electron chi connectivity index (χ3n) is 7.73. The zero-order valence-electron chi connectivity index (χ0n) is 25.1. The summed E-state index contributed by atoms with van der Waals surface area (Å²) in [6.07, 6.45) is 2.94. The lowest BCUT2D eigenvalue weighted by Crippen LogP contribution is -2.45. The molecule has 1 aliphatic heterocycles. The summed E-state index contributed by atoms with van der Waals surface area (Å²) in [7, 11) is 3.30. The minimum atomic E-state index is -0.800. The van der Waals surface area contributed by atoms with Gasteiger partial charge in [-0.05, 0) is 61.1 Å². The van der Waals surface area contributed by atoms with Crippen molar-refractivity contribution in [1.82, 2.24) is 10.6 Å². The second-order valence-corrected chi connectivity index (χ2v) is 11.5. The lowest BCUT2D eigenvalue weighted by Gasteiger charge is -2.30. The molecule has 10 heteroatoms. The van der Waals surface area contributed by atoms with Crippen molar-refractivity contribution in [1.29, 1.82) is 0 Å². The number of nitrogens with one attached hydrogen (secondary N) is 2. The number of halogens is 1. The Morgan fingerprint density at radius 1 is 1.12 bits per heavy atom. The van der Waals surface area contributed by atoms with Crippen LogP contribution >= 0.6 is 12.4 Å². The van der Waals surface area contributed by atoms with Gasteiger partial charge in [0.2, 0.25) is 11.8 Å². The molecule has 5 N–H and O–H groups in total. The lowest BCUT2D eigenvalue weighted by atomic mass is 9.81. The third-order valence-corrected chi connectivity index (χ3v) is 7.73. The van der Waals surface area contributed by atoms with Crippen LogP contribution in [0.3, 0.4) is 0 Å². The summed E-state index contributed by atoms with van der Waals surface area (Å²) in [5.41, 5.74) is 7.65. The van der Waals surface area contributed by atoms with Crippen molar-refractivity contribution < 1.29 is 28.9 Å². The highest BCUT2D eigenvalue weighted by Gasteiger charge is 2.30. The molecule has 2 amide bonds. The molecule has 0 aliphatic carbocycles. The predicted octanol–water partition coefficient (Wildman–Crippen LogP) is 3.48. The lowest BCUT2D eigenvalue weighted by molar-refractivity contribution is -0.128. The second-order valence-electron chi connectivity index (χ2n) is 11.5. The molecule has 1 aliphatic rings. The number of benzene rings is 1. The van der Waals surface area contributed by atoms with Crippen LogP contribution in [0.1, 0.15) is 65.4 Å². The minimum absolute atomic E-state index is 0. The summed E-state index contributed by atoms with van der Waals surface area (Å²) in [6, 6.07) is 5.51. The molecule has 1 fully saturated rings. The fraction of sp³-hybridized carbons (Fsp3) is 0.733. The molecule has 1 saturated heterocycles. The molecule has 1 aromatic rings. The molecule has 5 atom stereocenters. The summed E-state index contributed by atoms with van der Waals surface area (Å²) in [4.78, 5) is 24.4. The number of aliphatic hydroxyl groups is 1. The normalized spacial score (nSPS) is 18.1. The molecule has 0 aromatic heterocycles. The molecular formula is C30H52ClN3O6. The molecule has 0 bridgehead atoms. The van der Waals surface area contributed by atoms with Crippen LogP contribution in [-0.2, 0) is 20.7 Å². The molecule has 40 heavy (non-hydrogen) atoms. The van der Waals surface area contributed by atoms with E-state index in [1.807, 2.05) is 32.0 Å². The van der Waals surface area contributed by atoms with Crippen LogP contribution in [0, 0.1) is 23.7 Å². The average molecular weight is 586 g/mol. The fourth-order valence-corrected chi connectivity index (χ4v) is 5.05. The van der Waals surface area contributed by atoms with Crippen LogP contribution in [-0.4, -0.2) is 69.1 Å². The summed E-state index contributed by atoms with van der Waals surface area (Å²) in [6.45, 7) is 9.88. The first-order valence-corrected chi connectivity index (χ1v) is 14.3. The summed E-state index contributed by atoms with van der Waals surface area (Å²) in [5, 5.41) is 16.9. The van der Waals surface area contributed by atoms with E-state index in [1.165, 1.54) is 0 Å². The van der Waals surface area contributed by atoms with Crippen LogP contribution in [0.2, 0.25) is 0 Å². The first-order valence-electron chi connectivity index (χ1n) is 14.3. The molecule has 9 nitrogen and oxygen atoms in total. The first-order chi connectivity index (χ1) is 18.5. The second kappa shape index (κ2) is 18.4. The smallest absolute Gasteiger partial charge is 0.223 e. The van der Waals surface area contributed by atoms with Crippen LogP contribution in [0.4, 0.5) is 0 Å². The summed E-state index contributed by atoms with van der Waals surface area (Å²) in [5.74, 6) is 1.60. The van der Waals surface area contributed by atoms with Crippen molar-refractivity contribution in [2.24, 2.45) is 29.4 Å². The fourth-order valence-electron chi connectivity index (χ4n) is 5.05. The van der Waals surface area contributed by atoms with Crippen LogP contribution < -0.4 is 25.8 Å². The standard InChI is InChI=1S/C30H51N3O6.ClH/c1-19(2)22(14-21-8-10-27(38-6)28(15-21)39-13-7-12-37-5)16-25(31)26(34)17-24(20(3)4)30(36)32-18-23-9-11-29(35)33-23;/h8,10,15,19-20,22-26,34H,7,9,11-14,16-18,31H2,1-6H3,(H,32,36)(H,33,35);1H/t22-,23?,24-,25-,26-;/m0./s1. The Hall–Kier alpha value is -2.07. The highest BCUT2D eigenvalue weighted by atomic mass is 35.5. The van der Waals surface area contributed by atoms with Crippen molar-refractivity contribution in [2.75, 3.05) is 34.0 Å².